The Kier molecular flexibility index (Phi) is 4.70. The number of carbonyl (C=O) groups is 2. The number of aryl methyl sites for hydroxylation is 3. The van der Waals surface area contributed by atoms with Crippen molar-refractivity contribution in [3.8, 4) is 11.4 Å². The molecule has 1 unspecified atom stereocenters. The molecule has 6 nitrogen and oxygen atoms in total. The van der Waals surface area contributed by atoms with Gasteiger partial charge in [-0.05, 0) is 50.6 Å². The van der Waals surface area contributed by atoms with Crippen molar-refractivity contribution in [3.63, 3.8) is 0 Å². The standard InChI is InChI=1S/C23H23N3O3/c1-13-5-10-18(14(2)11-13)22(28)19-12-20(27)24-23-21(19)15(3)25-26(23)16-6-8-17(29-4)9-7-16/h5-11,19H,12H2,1-4H3,(H,24,27). The van der Waals surface area contributed by atoms with Crippen LogP contribution in [0.4, 0.5) is 5.82 Å². The summed E-state index contributed by atoms with van der Waals surface area (Å²) < 4.78 is 6.90. The summed E-state index contributed by atoms with van der Waals surface area (Å²) in [5.74, 6) is 0.517. The number of amides is 1. The molecule has 1 aromatic heterocycles. The molecule has 1 aliphatic rings. The van der Waals surface area contributed by atoms with E-state index in [0.717, 1.165) is 33.8 Å². The first-order valence-electron chi connectivity index (χ1n) is 9.54. The summed E-state index contributed by atoms with van der Waals surface area (Å²) in [6.45, 7) is 5.80. The van der Waals surface area contributed by atoms with Crippen LogP contribution in [0.5, 0.6) is 5.75 Å². The van der Waals surface area contributed by atoms with Crippen molar-refractivity contribution in [2.45, 2.75) is 33.1 Å². The van der Waals surface area contributed by atoms with Crippen LogP contribution in [0.2, 0.25) is 0 Å². The van der Waals surface area contributed by atoms with Crippen molar-refractivity contribution in [3.05, 3.63) is 70.4 Å². The number of hydrogen-bond acceptors (Lipinski definition) is 4. The minimum absolute atomic E-state index is 0.0454. The molecule has 6 heteroatoms. The number of aromatic nitrogens is 2. The van der Waals surface area contributed by atoms with E-state index in [-0.39, 0.29) is 18.1 Å². The van der Waals surface area contributed by atoms with Crippen molar-refractivity contribution < 1.29 is 14.3 Å². The highest BCUT2D eigenvalue weighted by molar-refractivity contribution is 6.08. The van der Waals surface area contributed by atoms with Crippen LogP contribution in [0.15, 0.2) is 42.5 Å². The molecular formula is C23H23N3O3. The van der Waals surface area contributed by atoms with E-state index in [1.807, 2.05) is 63.2 Å². The molecule has 0 fully saturated rings. The molecule has 2 aromatic carbocycles. The largest absolute Gasteiger partial charge is 0.497 e. The second-order valence-electron chi connectivity index (χ2n) is 7.45. The first kappa shape index (κ1) is 18.9. The van der Waals surface area contributed by atoms with Crippen LogP contribution in [0.3, 0.4) is 0 Å². The summed E-state index contributed by atoms with van der Waals surface area (Å²) in [6.07, 6.45) is 0.119. The van der Waals surface area contributed by atoms with Gasteiger partial charge in [-0.1, -0.05) is 23.8 Å². The van der Waals surface area contributed by atoms with Crippen LogP contribution in [0.1, 0.15) is 45.1 Å². The number of ether oxygens (including phenoxy) is 1. The lowest BCUT2D eigenvalue weighted by Crippen LogP contribution is -2.28. The minimum Gasteiger partial charge on any atom is -0.497 e. The molecule has 1 aliphatic heterocycles. The van der Waals surface area contributed by atoms with E-state index in [4.69, 9.17) is 4.74 Å². The van der Waals surface area contributed by atoms with Crippen LogP contribution in [0.25, 0.3) is 5.69 Å². The molecule has 0 spiro atoms. The molecule has 0 radical (unpaired) electrons. The minimum atomic E-state index is -0.549. The molecule has 1 N–H and O–H groups in total. The third-order valence-corrected chi connectivity index (χ3v) is 5.38. The molecular weight excluding hydrogens is 366 g/mol. The number of ketones is 1. The average Bonchev–Trinajstić information content (AvgIpc) is 3.03. The second-order valence-corrected chi connectivity index (χ2v) is 7.45. The van der Waals surface area contributed by atoms with Crippen LogP contribution in [-0.4, -0.2) is 28.6 Å². The monoisotopic (exact) mass is 389 g/mol. The first-order valence-corrected chi connectivity index (χ1v) is 9.54. The molecule has 0 saturated heterocycles. The maximum Gasteiger partial charge on any atom is 0.226 e. The molecule has 0 aliphatic carbocycles. The van der Waals surface area contributed by atoms with Gasteiger partial charge in [0.2, 0.25) is 5.91 Å². The van der Waals surface area contributed by atoms with Crippen LogP contribution < -0.4 is 10.1 Å². The molecule has 4 rings (SSSR count). The third kappa shape index (κ3) is 3.31. The Hall–Kier alpha value is -3.41. The van der Waals surface area contributed by atoms with Crippen molar-refractivity contribution in [1.82, 2.24) is 9.78 Å². The Morgan fingerprint density at radius 2 is 1.86 bits per heavy atom. The molecule has 0 bridgehead atoms. The zero-order valence-corrected chi connectivity index (χ0v) is 16.9. The Morgan fingerprint density at radius 3 is 2.52 bits per heavy atom. The zero-order chi connectivity index (χ0) is 20.7. The smallest absolute Gasteiger partial charge is 0.226 e. The number of Topliss-reactive ketones (excluding diaryl/α,β-unsaturated/α-hetero) is 1. The van der Waals surface area contributed by atoms with Gasteiger partial charge in [-0.2, -0.15) is 5.10 Å². The maximum absolute atomic E-state index is 13.4. The fourth-order valence-corrected chi connectivity index (χ4v) is 3.96. The van der Waals surface area contributed by atoms with Crippen LogP contribution in [0, 0.1) is 20.8 Å². The highest BCUT2D eigenvalue weighted by Crippen LogP contribution is 2.38. The topological polar surface area (TPSA) is 73.2 Å². The average molecular weight is 389 g/mol. The Labute approximate surface area is 169 Å². The zero-order valence-electron chi connectivity index (χ0n) is 16.9. The predicted octanol–water partition coefficient (Wildman–Crippen LogP) is 4.11. The van der Waals surface area contributed by atoms with Gasteiger partial charge < -0.3 is 10.1 Å². The van der Waals surface area contributed by atoms with E-state index in [1.165, 1.54) is 0 Å². The lowest BCUT2D eigenvalue weighted by atomic mass is 9.84. The number of anilines is 1. The van der Waals surface area contributed by atoms with Gasteiger partial charge in [0, 0.05) is 17.5 Å². The van der Waals surface area contributed by atoms with Gasteiger partial charge in [-0.3, -0.25) is 9.59 Å². The fraction of sp³-hybridized carbons (Fsp3) is 0.261. The van der Waals surface area contributed by atoms with Crippen LogP contribution >= 0.6 is 0 Å². The molecule has 1 amide bonds. The van der Waals surface area contributed by atoms with Gasteiger partial charge in [0.05, 0.1) is 24.4 Å². The fourth-order valence-electron chi connectivity index (χ4n) is 3.96. The summed E-state index contributed by atoms with van der Waals surface area (Å²) in [5, 5.41) is 7.54. The molecule has 29 heavy (non-hydrogen) atoms. The number of nitrogens with zero attached hydrogens (tertiary/aromatic N) is 2. The maximum atomic E-state index is 13.4. The molecule has 0 saturated carbocycles. The number of hydrogen-bond donors (Lipinski definition) is 1. The number of nitrogens with one attached hydrogen (secondary N) is 1. The normalized spacial score (nSPS) is 15.6. The molecule has 1 atom stereocenters. The lowest BCUT2D eigenvalue weighted by Gasteiger charge is -2.23. The van der Waals surface area contributed by atoms with Crippen molar-refractivity contribution in [2.75, 3.05) is 12.4 Å². The number of benzene rings is 2. The van der Waals surface area contributed by atoms with E-state index in [2.05, 4.69) is 10.4 Å². The Bertz CT molecular complexity index is 1110. The quantitative estimate of drug-likeness (QED) is 0.682. The first-order chi connectivity index (χ1) is 13.9. The summed E-state index contributed by atoms with van der Waals surface area (Å²) in [5.41, 5.74) is 4.98. The van der Waals surface area contributed by atoms with Gasteiger partial charge in [-0.15, -0.1) is 0 Å². The summed E-state index contributed by atoms with van der Waals surface area (Å²) in [6, 6.07) is 13.2. The second kappa shape index (κ2) is 7.20. The van der Waals surface area contributed by atoms with E-state index < -0.39 is 5.92 Å². The van der Waals surface area contributed by atoms with E-state index in [0.29, 0.717) is 11.4 Å². The van der Waals surface area contributed by atoms with Gasteiger partial charge in [0.15, 0.2) is 5.78 Å². The van der Waals surface area contributed by atoms with Gasteiger partial charge >= 0.3 is 0 Å². The summed E-state index contributed by atoms with van der Waals surface area (Å²) in [4.78, 5) is 25.9. The van der Waals surface area contributed by atoms with Gasteiger partial charge in [0.25, 0.3) is 0 Å². The molecule has 148 valence electrons. The molecule has 2 heterocycles. The number of fused-ring (bicyclic) bond motifs is 1. The van der Waals surface area contributed by atoms with Crippen molar-refractivity contribution in [1.29, 1.82) is 0 Å². The summed E-state index contributed by atoms with van der Waals surface area (Å²) in [7, 11) is 1.61. The third-order valence-electron chi connectivity index (χ3n) is 5.38. The Morgan fingerprint density at radius 1 is 1.14 bits per heavy atom. The van der Waals surface area contributed by atoms with E-state index >= 15 is 0 Å². The van der Waals surface area contributed by atoms with E-state index in [9.17, 15) is 9.59 Å². The van der Waals surface area contributed by atoms with Gasteiger partial charge in [-0.25, -0.2) is 4.68 Å². The molecule has 3 aromatic rings. The summed E-state index contributed by atoms with van der Waals surface area (Å²) >= 11 is 0. The lowest BCUT2D eigenvalue weighted by molar-refractivity contribution is -0.116. The highest BCUT2D eigenvalue weighted by Gasteiger charge is 2.36. The Balaban J connectivity index is 1.80. The van der Waals surface area contributed by atoms with Gasteiger partial charge in [0.1, 0.15) is 11.6 Å². The SMILES string of the molecule is COc1ccc(-n2nc(C)c3c2NC(=O)CC3C(=O)c2ccc(C)cc2C)cc1. The van der Waals surface area contributed by atoms with Crippen molar-refractivity contribution in [2.24, 2.45) is 0 Å². The number of rotatable bonds is 4. The number of methoxy groups -OCH3 is 1. The highest BCUT2D eigenvalue weighted by atomic mass is 16.5. The predicted molar refractivity (Wildman–Crippen MR) is 111 cm³/mol. The van der Waals surface area contributed by atoms with Crippen molar-refractivity contribution >= 4 is 17.5 Å². The number of carbonyl (C=O) groups excluding carboxylic acids is 2. The van der Waals surface area contributed by atoms with Crippen LogP contribution in [-0.2, 0) is 4.79 Å². The van der Waals surface area contributed by atoms with E-state index in [1.54, 1.807) is 11.8 Å².